The summed E-state index contributed by atoms with van der Waals surface area (Å²) >= 11 is 0. The van der Waals surface area contributed by atoms with Gasteiger partial charge in [-0.1, -0.05) is 6.07 Å². The number of carbonyl (C=O) groups is 1. The summed E-state index contributed by atoms with van der Waals surface area (Å²) in [4.78, 5) is 14.9. The number of nitrogens with one attached hydrogen (secondary N) is 1. The van der Waals surface area contributed by atoms with Gasteiger partial charge in [-0.2, -0.15) is 0 Å². The fourth-order valence-electron chi connectivity index (χ4n) is 3.36. The number of ether oxygens (including phenoxy) is 1. The molecule has 0 saturated carbocycles. The predicted octanol–water partition coefficient (Wildman–Crippen LogP) is 2.30. The molecule has 0 spiro atoms. The Morgan fingerprint density at radius 2 is 2.10 bits per heavy atom. The molecule has 1 atom stereocenters. The molecule has 4 heteroatoms. The first-order chi connectivity index (χ1) is 10.1. The fourth-order valence-corrected chi connectivity index (χ4v) is 3.36. The molecular weight excluding hydrogens is 264 g/mol. The lowest BCUT2D eigenvalue weighted by Gasteiger charge is -2.44. The number of piperidine rings is 3. The Hall–Kier alpha value is -1.55. The average molecular weight is 288 g/mol. The van der Waals surface area contributed by atoms with Crippen LogP contribution in [0.15, 0.2) is 24.3 Å². The molecule has 1 N–H and O–H groups in total. The molecule has 1 aromatic carbocycles. The van der Waals surface area contributed by atoms with Crippen molar-refractivity contribution in [1.29, 1.82) is 0 Å². The lowest BCUT2D eigenvalue weighted by Crippen LogP contribution is -2.57. The third-order valence-corrected chi connectivity index (χ3v) is 4.44. The highest BCUT2D eigenvalue weighted by Gasteiger charge is 2.34. The smallest absolute Gasteiger partial charge is 0.251 e. The second-order valence-corrected chi connectivity index (χ2v) is 6.41. The number of rotatable bonds is 4. The van der Waals surface area contributed by atoms with Crippen molar-refractivity contribution in [3.63, 3.8) is 0 Å². The van der Waals surface area contributed by atoms with Crippen molar-refractivity contribution in [2.24, 2.45) is 5.92 Å². The Morgan fingerprint density at radius 1 is 1.33 bits per heavy atom. The molecule has 21 heavy (non-hydrogen) atoms. The van der Waals surface area contributed by atoms with Gasteiger partial charge in [0.05, 0.1) is 6.10 Å². The van der Waals surface area contributed by atoms with Gasteiger partial charge in [0.1, 0.15) is 5.75 Å². The Morgan fingerprint density at radius 3 is 2.71 bits per heavy atom. The van der Waals surface area contributed by atoms with E-state index in [4.69, 9.17) is 4.74 Å². The maximum Gasteiger partial charge on any atom is 0.251 e. The zero-order valence-electron chi connectivity index (χ0n) is 12.8. The molecule has 2 bridgehead atoms. The monoisotopic (exact) mass is 288 g/mol. The highest BCUT2D eigenvalue weighted by atomic mass is 16.5. The SMILES string of the molecule is CC(C)Oc1cccc(C(=O)NC2CN3CCC2CC3)c1. The first kappa shape index (κ1) is 14.4. The van der Waals surface area contributed by atoms with Crippen molar-refractivity contribution in [1.82, 2.24) is 10.2 Å². The standard InChI is InChI=1S/C17H24N2O2/c1-12(2)21-15-5-3-4-14(10-15)17(20)18-16-11-19-8-6-13(16)7-9-19/h3-5,10,12-13,16H,6-9,11H2,1-2H3,(H,18,20). The number of nitrogens with zero attached hydrogens (tertiary/aromatic N) is 1. The third kappa shape index (κ3) is 3.38. The Balaban J connectivity index is 1.65. The zero-order valence-corrected chi connectivity index (χ0v) is 12.8. The number of benzene rings is 1. The number of amides is 1. The Kier molecular flexibility index (Phi) is 4.15. The first-order valence-electron chi connectivity index (χ1n) is 7.92. The molecule has 3 fully saturated rings. The normalized spacial score (nSPS) is 27.7. The third-order valence-electron chi connectivity index (χ3n) is 4.44. The van der Waals surface area contributed by atoms with E-state index in [2.05, 4.69) is 10.2 Å². The number of fused-ring (bicyclic) bond motifs is 3. The first-order valence-corrected chi connectivity index (χ1v) is 7.92. The molecule has 0 aromatic heterocycles. The molecule has 1 aromatic rings. The molecule has 3 aliphatic heterocycles. The van der Waals surface area contributed by atoms with Gasteiger partial charge in [-0.15, -0.1) is 0 Å². The Labute approximate surface area is 126 Å². The van der Waals surface area contributed by atoms with E-state index in [1.807, 2.05) is 38.1 Å². The molecule has 1 unspecified atom stereocenters. The highest BCUT2D eigenvalue weighted by molar-refractivity contribution is 5.94. The van der Waals surface area contributed by atoms with Gasteiger partial charge in [0.25, 0.3) is 5.91 Å². The molecule has 1 amide bonds. The van der Waals surface area contributed by atoms with Crippen LogP contribution in [0.5, 0.6) is 5.75 Å². The quantitative estimate of drug-likeness (QED) is 0.924. The van der Waals surface area contributed by atoms with Gasteiger partial charge < -0.3 is 15.0 Å². The molecule has 0 aliphatic carbocycles. The van der Waals surface area contributed by atoms with Crippen LogP contribution in [-0.4, -0.2) is 42.6 Å². The van der Waals surface area contributed by atoms with Crippen LogP contribution in [0, 0.1) is 5.92 Å². The van der Waals surface area contributed by atoms with Crippen LogP contribution in [0.3, 0.4) is 0 Å². The van der Waals surface area contributed by atoms with Crippen molar-refractivity contribution in [3.05, 3.63) is 29.8 Å². The predicted molar refractivity (Wildman–Crippen MR) is 82.6 cm³/mol. The van der Waals surface area contributed by atoms with Crippen molar-refractivity contribution >= 4 is 5.91 Å². The van der Waals surface area contributed by atoms with E-state index in [0.29, 0.717) is 17.5 Å². The van der Waals surface area contributed by atoms with Gasteiger partial charge in [0.15, 0.2) is 0 Å². The van der Waals surface area contributed by atoms with E-state index in [9.17, 15) is 4.79 Å². The maximum atomic E-state index is 12.4. The lowest BCUT2D eigenvalue weighted by molar-refractivity contribution is 0.0620. The summed E-state index contributed by atoms with van der Waals surface area (Å²) in [5.41, 5.74) is 0.685. The van der Waals surface area contributed by atoms with Crippen LogP contribution in [0.1, 0.15) is 37.0 Å². The van der Waals surface area contributed by atoms with Crippen LogP contribution in [0.2, 0.25) is 0 Å². The topological polar surface area (TPSA) is 41.6 Å². The molecule has 3 aliphatic rings. The van der Waals surface area contributed by atoms with E-state index < -0.39 is 0 Å². The minimum Gasteiger partial charge on any atom is -0.491 e. The van der Waals surface area contributed by atoms with E-state index >= 15 is 0 Å². The summed E-state index contributed by atoms with van der Waals surface area (Å²) < 4.78 is 5.66. The maximum absolute atomic E-state index is 12.4. The zero-order chi connectivity index (χ0) is 14.8. The second-order valence-electron chi connectivity index (χ2n) is 6.41. The van der Waals surface area contributed by atoms with Crippen LogP contribution < -0.4 is 10.1 Å². The van der Waals surface area contributed by atoms with Crippen molar-refractivity contribution in [2.45, 2.75) is 38.8 Å². The molecule has 4 rings (SSSR count). The van der Waals surface area contributed by atoms with Gasteiger partial charge in [0, 0.05) is 18.2 Å². The van der Waals surface area contributed by atoms with E-state index in [1.165, 1.54) is 25.9 Å². The van der Waals surface area contributed by atoms with E-state index in [0.717, 1.165) is 12.3 Å². The number of hydrogen-bond acceptors (Lipinski definition) is 3. The summed E-state index contributed by atoms with van der Waals surface area (Å²) in [6.45, 7) is 7.35. The minimum absolute atomic E-state index is 0.0166. The summed E-state index contributed by atoms with van der Waals surface area (Å²) in [5, 5.41) is 3.21. The van der Waals surface area contributed by atoms with Crippen LogP contribution in [-0.2, 0) is 0 Å². The minimum atomic E-state index is 0.0166. The average Bonchev–Trinajstić information content (AvgIpc) is 2.48. The summed E-state index contributed by atoms with van der Waals surface area (Å²) in [7, 11) is 0. The van der Waals surface area contributed by atoms with Gasteiger partial charge in [-0.3, -0.25) is 4.79 Å². The van der Waals surface area contributed by atoms with Gasteiger partial charge in [0.2, 0.25) is 0 Å². The summed E-state index contributed by atoms with van der Waals surface area (Å²) in [5.74, 6) is 1.42. The van der Waals surface area contributed by atoms with Crippen molar-refractivity contribution in [3.8, 4) is 5.75 Å². The van der Waals surface area contributed by atoms with Crippen LogP contribution >= 0.6 is 0 Å². The molecule has 3 saturated heterocycles. The summed E-state index contributed by atoms with van der Waals surface area (Å²) in [6.07, 6.45) is 2.54. The van der Waals surface area contributed by atoms with Gasteiger partial charge >= 0.3 is 0 Å². The van der Waals surface area contributed by atoms with Crippen LogP contribution in [0.25, 0.3) is 0 Å². The van der Waals surface area contributed by atoms with Crippen molar-refractivity contribution < 1.29 is 9.53 Å². The van der Waals surface area contributed by atoms with Crippen molar-refractivity contribution in [2.75, 3.05) is 19.6 Å². The second kappa shape index (κ2) is 6.06. The molecule has 4 nitrogen and oxygen atoms in total. The van der Waals surface area contributed by atoms with E-state index in [-0.39, 0.29) is 12.0 Å². The van der Waals surface area contributed by atoms with Gasteiger partial charge in [-0.05, 0) is 63.9 Å². The number of hydrogen-bond donors (Lipinski definition) is 1. The van der Waals surface area contributed by atoms with Gasteiger partial charge in [-0.25, -0.2) is 0 Å². The molecule has 0 radical (unpaired) electrons. The summed E-state index contributed by atoms with van der Waals surface area (Å²) in [6, 6.07) is 7.75. The lowest BCUT2D eigenvalue weighted by atomic mass is 9.84. The van der Waals surface area contributed by atoms with Crippen LogP contribution in [0.4, 0.5) is 0 Å². The number of carbonyl (C=O) groups excluding carboxylic acids is 1. The molecule has 114 valence electrons. The van der Waals surface area contributed by atoms with E-state index in [1.54, 1.807) is 0 Å². The molecule has 3 heterocycles. The fraction of sp³-hybridized carbons (Fsp3) is 0.588. The largest absolute Gasteiger partial charge is 0.491 e. The molecular formula is C17H24N2O2. The Bertz CT molecular complexity index is 507. The highest BCUT2D eigenvalue weighted by Crippen LogP contribution is 2.27.